The highest BCUT2D eigenvalue weighted by Crippen LogP contribution is 2.34. The van der Waals surface area contributed by atoms with Gasteiger partial charge in [0, 0.05) is 6.61 Å². The normalized spacial score (nSPS) is 12.0. The second kappa shape index (κ2) is 23.7. The molecule has 0 bridgehead atoms. The van der Waals surface area contributed by atoms with E-state index in [0.717, 1.165) is 31.8 Å². The minimum atomic E-state index is 0.121. The van der Waals surface area contributed by atoms with Gasteiger partial charge in [0.05, 0.1) is 12.7 Å². The zero-order valence-electron chi connectivity index (χ0n) is 29.2. The van der Waals surface area contributed by atoms with Gasteiger partial charge in [-0.1, -0.05) is 184 Å². The molecule has 0 aliphatic carbocycles. The molecule has 0 heterocycles. The second-order valence-corrected chi connectivity index (χ2v) is 13.1. The zero-order valence-corrected chi connectivity index (χ0v) is 29.2. The highest BCUT2D eigenvalue weighted by molar-refractivity contribution is 5.83. The maximum absolute atomic E-state index is 6.22. The van der Waals surface area contributed by atoms with E-state index in [9.17, 15) is 0 Å². The molecule has 2 nitrogen and oxygen atoms in total. The highest BCUT2D eigenvalue weighted by Gasteiger charge is 2.10. The van der Waals surface area contributed by atoms with E-state index < -0.39 is 0 Å². The van der Waals surface area contributed by atoms with Gasteiger partial charge < -0.3 is 9.47 Å². The number of rotatable bonds is 26. The Balaban J connectivity index is 1.35. The molecule has 0 spiro atoms. The van der Waals surface area contributed by atoms with Crippen LogP contribution in [-0.4, -0.2) is 13.2 Å². The van der Waals surface area contributed by atoms with Gasteiger partial charge in [0.1, 0.15) is 5.75 Å². The van der Waals surface area contributed by atoms with Crippen molar-refractivity contribution in [1.29, 1.82) is 0 Å². The van der Waals surface area contributed by atoms with Crippen LogP contribution in [-0.2, 0) is 4.74 Å². The molecule has 0 N–H and O–H groups in total. The fourth-order valence-electron chi connectivity index (χ4n) is 6.20. The minimum Gasteiger partial charge on any atom is -0.494 e. The van der Waals surface area contributed by atoms with Crippen LogP contribution < -0.4 is 4.74 Å². The van der Waals surface area contributed by atoms with E-state index >= 15 is 0 Å². The Morgan fingerprint density at radius 1 is 0.444 bits per heavy atom. The molecule has 0 fully saturated rings. The van der Waals surface area contributed by atoms with E-state index in [-0.39, 0.29) is 6.10 Å². The molecule has 3 aromatic carbocycles. The number of hydrogen-bond donors (Lipinski definition) is 0. The lowest BCUT2D eigenvalue weighted by atomic mass is 9.94. The Labute approximate surface area is 277 Å². The van der Waals surface area contributed by atoms with Crippen molar-refractivity contribution in [2.24, 2.45) is 0 Å². The average molecular weight is 613 g/mol. The van der Waals surface area contributed by atoms with E-state index in [1.165, 1.54) is 137 Å². The van der Waals surface area contributed by atoms with Crippen molar-refractivity contribution in [1.82, 2.24) is 0 Å². The first-order chi connectivity index (χ1) is 22.2. The van der Waals surface area contributed by atoms with Crippen LogP contribution in [0.2, 0.25) is 0 Å². The number of benzene rings is 3. The third kappa shape index (κ3) is 15.0. The Morgan fingerprint density at radius 3 is 1.31 bits per heavy atom. The Hall–Kier alpha value is -2.58. The van der Waals surface area contributed by atoms with Crippen molar-refractivity contribution < 1.29 is 9.47 Å². The van der Waals surface area contributed by atoms with Crippen LogP contribution >= 0.6 is 0 Å². The lowest BCUT2D eigenvalue weighted by Crippen LogP contribution is -2.02. The quantitative estimate of drug-likeness (QED) is 0.0840. The first-order valence-corrected chi connectivity index (χ1v) is 18.8. The molecule has 3 aromatic rings. The highest BCUT2D eigenvalue weighted by atomic mass is 16.5. The van der Waals surface area contributed by atoms with Crippen molar-refractivity contribution >= 4 is 0 Å². The monoisotopic (exact) mass is 612 g/mol. The topological polar surface area (TPSA) is 18.5 Å². The SMILES string of the molecule is CCCCCCCCCCCCCCCOC(C)c1ccc(-c2ccccc2-c2ccc(OCCCCCCCC)cc2)cc1. The second-order valence-electron chi connectivity index (χ2n) is 13.1. The Bertz CT molecular complexity index is 1120. The number of ether oxygens (including phenoxy) is 2. The molecule has 0 amide bonds. The molecule has 0 saturated carbocycles. The predicted octanol–water partition coefficient (Wildman–Crippen LogP) is 13.9. The van der Waals surface area contributed by atoms with Crippen molar-refractivity contribution in [2.75, 3.05) is 13.2 Å². The Morgan fingerprint density at radius 2 is 0.844 bits per heavy atom. The molecule has 2 heteroatoms. The van der Waals surface area contributed by atoms with Crippen LogP contribution in [0.5, 0.6) is 5.75 Å². The molecule has 3 rings (SSSR count). The van der Waals surface area contributed by atoms with E-state index in [1.54, 1.807) is 0 Å². The van der Waals surface area contributed by atoms with Gasteiger partial charge in [-0.15, -0.1) is 0 Å². The first-order valence-electron chi connectivity index (χ1n) is 18.8. The summed E-state index contributed by atoms with van der Waals surface area (Å²) in [6.45, 7) is 8.39. The number of hydrogen-bond acceptors (Lipinski definition) is 2. The summed E-state index contributed by atoms with van der Waals surface area (Å²) in [6.07, 6.45) is 25.8. The van der Waals surface area contributed by atoms with E-state index in [1.807, 2.05) is 0 Å². The first kappa shape index (κ1) is 36.9. The summed E-state index contributed by atoms with van der Waals surface area (Å²) >= 11 is 0. The van der Waals surface area contributed by atoms with Gasteiger partial charge in [-0.05, 0) is 59.7 Å². The molecule has 1 atom stereocenters. The molecule has 0 radical (unpaired) electrons. The Kier molecular flexibility index (Phi) is 19.4. The van der Waals surface area contributed by atoms with Crippen LogP contribution in [0.25, 0.3) is 22.3 Å². The third-order valence-electron chi connectivity index (χ3n) is 9.17. The smallest absolute Gasteiger partial charge is 0.119 e. The molecule has 1 unspecified atom stereocenters. The molecule has 0 saturated heterocycles. The van der Waals surface area contributed by atoms with Gasteiger partial charge in [-0.2, -0.15) is 0 Å². The maximum Gasteiger partial charge on any atom is 0.119 e. The fourth-order valence-corrected chi connectivity index (χ4v) is 6.20. The van der Waals surface area contributed by atoms with Crippen LogP contribution in [0, 0.1) is 0 Å². The van der Waals surface area contributed by atoms with Gasteiger partial charge in [-0.25, -0.2) is 0 Å². The molecule has 0 aliphatic rings. The van der Waals surface area contributed by atoms with Crippen LogP contribution in [0.1, 0.15) is 154 Å². The van der Waals surface area contributed by atoms with Gasteiger partial charge in [0.15, 0.2) is 0 Å². The lowest BCUT2D eigenvalue weighted by molar-refractivity contribution is 0.0627. The van der Waals surface area contributed by atoms with Crippen molar-refractivity contribution in [3.8, 4) is 28.0 Å². The third-order valence-corrected chi connectivity index (χ3v) is 9.17. The van der Waals surface area contributed by atoms with E-state index in [4.69, 9.17) is 9.47 Å². The minimum absolute atomic E-state index is 0.121. The summed E-state index contributed by atoms with van der Waals surface area (Å²) in [4.78, 5) is 0. The van der Waals surface area contributed by atoms with Gasteiger partial charge in [-0.3, -0.25) is 0 Å². The zero-order chi connectivity index (χ0) is 31.8. The summed E-state index contributed by atoms with van der Waals surface area (Å²) in [6, 6.07) is 26.3. The lowest BCUT2D eigenvalue weighted by Gasteiger charge is -2.15. The fraction of sp³-hybridized carbons (Fsp3) is 0.581. The molecule has 0 aromatic heterocycles. The summed E-state index contributed by atoms with van der Waals surface area (Å²) in [5.41, 5.74) is 6.21. The van der Waals surface area contributed by atoms with Crippen LogP contribution in [0.3, 0.4) is 0 Å². The predicted molar refractivity (Wildman–Crippen MR) is 196 cm³/mol. The standard InChI is InChI=1S/C43H64O2/c1-4-6-8-10-12-13-14-15-16-17-18-20-23-35-44-37(3)38-27-29-39(30-28-38)42-25-21-22-26-43(42)40-31-33-41(34-32-40)45-36-24-19-11-9-7-5-2/h21-22,25-34,37H,4-20,23-24,35-36H2,1-3H3. The van der Waals surface area contributed by atoms with E-state index in [0.29, 0.717) is 0 Å². The maximum atomic E-state index is 6.22. The van der Waals surface area contributed by atoms with Crippen molar-refractivity contribution in [3.63, 3.8) is 0 Å². The van der Waals surface area contributed by atoms with Gasteiger partial charge >= 0.3 is 0 Å². The summed E-state index contributed by atoms with van der Waals surface area (Å²) in [5, 5.41) is 0. The van der Waals surface area contributed by atoms with Gasteiger partial charge in [0.25, 0.3) is 0 Å². The van der Waals surface area contributed by atoms with Crippen molar-refractivity contribution in [3.05, 3.63) is 78.4 Å². The molecular weight excluding hydrogens is 548 g/mol. The van der Waals surface area contributed by atoms with Crippen LogP contribution in [0.15, 0.2) is 72.8 Å². The van der Waals surface area contributed by atoms with Crippen LogP contribution in [0.4, 0.5) is 0 Å². The van der Waals surface area contributed by atoms with Crippen molar-refractivity contribution in [2.45, 2.75) is 149 Å². The summed E-state index contributed by atoms with van der Waals surface area (Å²) < 4.78 is 12.2. The average Bonchev–Trinajstić information content (AvgIpc) is 3.08. The summed E-state index contributed by atoms with van der Waals surface area (Å²) in [7, 11) is 0. The van der Waals surface area contributed by atoms with E-state index in [2.05, 4.69) is 93.6 Å². The van der Waals surface area contributed by atoms with Gasteiger partial charge in [0.2, 0.25) is 0 Å². The summed E-state index contributed by atoms with van der Waals surface area (Å²) in [5.74, 6) is 0.960. The molecule has 248 valence electrons. The number of unbranched alkanes of at least 4 members (excludes halogenated alkanes) is 17. The largest absolute Gasteiger partial charge is 0.494 e. The molecule has 45 heavy (non-hydrogen) atoms. The molecular formula is C43H64O2. The molecule has 0 aliphatic heterocycles.